The van der Waals surface area contributed by atoms with E-state index >= 15 is 0 Å². The molecule has 0 amide bonds. The molecule has 1 aromatic heterocycles. The van der Waals surface area contributed by atoms with Gasteiger partial charge in [-0.1, -0.05) is 12.1 Å². The molecule has 0 bridgehead atoms. The molecule has 1 atom stereocenters. The normalized spacial score (nSPS) is 12.8. The Kier molecular flexibility index (Phi) is 3.92. The fraction of sp³-hybridized carbons (Fsp3) is 0.357. The molecule has 90 valence electrons. The number of Topliss-reactive ketones (excluding diaryl/α,β-unsaturated/α-hetero) is 1. The Balaban J connectivity index is 2.11. The van der Waals surface area contributed by atoms with E-state index in [2.05, 4.69) is 6.07 Å². The Bertz CT molecular complexity index is 516. The summed E-state index contributed by atoms with van der Waals surface area (Å²) in [7, 11) is 0. The number of rotatable bonds is 5. The van der Waals surface area contributed by atoms with E-state index in [9.17, 15) is 4.79 Å². The first-order valence-electron chi connectivity index (χ1n) is 5.93. The molecular formula is C14H17NOS. The Morgan fingerprint density at radius 3 is 3.00 bits per heavy atom. The van der Waals surface area contributed by atoms with Crippen LogP contribution in [0.25, 0.3) is 10.1 Å². The summed E-state index contributed by atoms with van der Waals surface area (Å²) < 4.78 is 1.11. The van der Waals surface area contributed by atoms with E-state index in [1.54, 1.807) is 11.3 Å². The fourth-order valence-corrected chi connectivity index (χ4v) is 2.86. The van der Waals surface area contributed by atoms with Crippen LogP contribution in [-0.2, 0) is 0 Å². The van der Waals surface area contributed by atoms with Crippen LogP contribution < -0.4 is 5.73 Å². The first-order chi connectivity index (χ1) is 8.18. The first kappa shape index (κ1) is 12.3. The Hall–Kier alpha value is -1.19. The molecule has 0 saturated carbocycles. The second-order valence-corrected chi connectivity index (χ2v) is 5.35. The van der Waals surface area contributed by atoms with Crippen LogP contribution in [0.1, 0.15) is 36.5 Å². The second-order valence-electron chi connectivity index (χ2n) is 4.44. The van der Waals surface area contributed by atoms with Gasteiger partial charge in [-0.25, -0.2) is 0 Å². The van der Waals surface area contributed by atoms with Gasteiger partial charge in [0.2, 0.25) is 0 Å². The Labute approximate surface area is 105 Å². The third kappa shape index (κ3) is 2.93. The lowest BCUT2D eigenvalue weighted by Gasteiger charge is -2.05. The second kappa shape index (κ2) is 5.43. The van der Waals surface area contributed by atoms with Gasteiger partial charge in [0.05, 0.1) is 0 Å². The van der Waals surface area contributed by atoms with E-state index in [1.807, 2.05) is 30.5 Å². The molecule has 2 nitrogen and oxygen atoms in total. The van der Waals surface area contributed by atoms with Crippen molar-refractivity contribution in [2.75, 3.05) is 0 Å². The molecule has 0 aliphatic rings. The number of hydrogen-bond acceptors (Lipinski definition) is 3. The molecular weight excluding hydrogens is 230 g/mol. The van der Waals surface area contributed by atoms with E-state index in [1.165, 1.54) is 0 Å². The van der Waals surface area contributed by atoms with Crippen LogP contribution in [-0.4, -0.2) is 11.8 Å². The van der Waals surface area contributed by atoms with Crippen LogP contribution in [0.2, 0.25) is 0 Å². The molecule has 3 heteroatoms. The van der Waals surface area contributed by atoms with Gasteiger partial charge in [0, 0.05) is 22.7 Å². The van der Waals surface area contributed by atoms with Crippen molar-refractivity contribution in [2.45, 2.75) is 32.2 Å². The predicted octanol–water partition coefficient (Wildman–Crippen LogP) is 3.60. The van der Waals surface area contributed by atoms with Gasteiger partial charge in [0.25, 0.3) is 0 Å². The van der Waals surface area contributed by atoms with Crippen molar-refractivity contribution in [3.63, 3.8) is 0 Å². The summed E-state index contributed by atoms with van der Waals surface area (Å²) in [5.41, 5.74) is 6.55. The maximum absolute atomic E-state index is 12.1. The lowest BCUT2D eigenvalue weighted by molar-refractivity contribution is 0.0980. The topological polar surface area (TPSA) is 43.1 Å². The zero-order chi connectivity index (χ0) is 12.3. The van der Waals surface area contributed by atoms with E-state index in [0.717, 1.165) is 28.5 Å². The fourth-order valence-electron chi connectivity index (χ4n) is 1.93. The largest absolute Gasteiger partial charge is 0.328 e. The number of ketones is 1. The summed E-state index contributed by atoms with van der Waals surface area (Å²) in [6.07, 6.45) is 2.38. The van der Waals surface area contributed by atoms with Crippen LogP contribution in [0.4, 0.5) is 0 Å². The van der Waals surface area contributed by atoms with Crippen LogP contribution in [0.3, 0.4) is 0 Å². The number of fused-ring (bicyclic) bond motifs is 1. The van der Waals surface area contributed by atoms with E-state index in [-0.39, 0.29) is 11.8 Å². The molecule has 0 aliphatic heterocycles. The lowest BCUT2D eigenvalue weighted by atomic mass is 10.0. The van der Waals surface area contributed by atoms with Crippen molar-refractivity contribution < 1.29 is 4.79 Å². The van der Waals surface area contributed by atoms with Gasteiger partial charge < -0.3 is 5.73 Å². The van der Waals surface area contributed by atoms with Crippen molar-refractivity contribution in [1.29, 1.82) is 0 Å². The summed E-state index contributed by atoms with van der Waals surface area (Å²) >= 11 is 1.64. The highest BCUT2D eigenvalue weighted by Gasteiger charge is 2.10. The lowest BCUT2D eigenvalue weighted by Crippen LogP contribution is -2.14. The molecule has 0 aliphatic carbocycles. The molecule has 2 N–H and O–H groups in total. The average Bonchev–Trinajstić information content (AvgIpc) is 2.75. The van der Waals surface area contributed by atoms with E-state index < -0.39 is 0 Å². The maximum Gasteiger partial charge on any atom is 0.164 e. The van der Waals surface area contributed by atoms with Crippen LogP contribution in [0, 0.1) is 0 Å². The van der Waals surface area contributed by atoms with Crippen LogP contribution in [0.15, 0.2) is 29.6 Å². The minimum atomic E-state index is 0.181. The third-order valence-corrected chi connectivity index (χ3v) is 3.81. The summed E-state index contributed by atoms with van der Waals surface area (Å²) in [5.74, 6) is 0.235. The average molecular weight is 247 g/mol. The molecule has 1 aromatic carbocycles. The molecule has 0 radical (unpaired) electrons. The SMILES string of the molecule is CC(N)CCCC(=O)c1cccc2ccsc12. The molecule has 0 fully saturated rings. The maximum atomic E-state index is 12.1. The molecule has 0 spiro atoms. The number of thiophene rings is 1. The Morgan fingerprint density at radius 2 is 2.24 bits per heavy atom. The summed E-state index contributed by atoms with van der Waals surface area (Å²) in [4.78, 5) is 12.1. The van der Waals surface area contributed by atoms with Gasteiger partial charge in [-0.05, 0) is 42.7 Å². The minimum Gasteiger partial charge on any atom is -0.328 e. The highest BCUT2D eigenvalue weighted by Crippen LogP contribution is 2.25. The standard InChI is InChI=1S/C14H17NOS/c1-10(15)4-2-7-13(16)12-6-3-5-11-8-9-17-14(11)12/h3,5-6,8-10H,2,4,7,15H2,1H3. The quantitative estimate of drug-likeness (QED) is 0.820. The number of carbonyl (C=O) groups excluding carboxylic acids is 1. The van der Waals surface area contributed by atoms with Gasteiger partial charge in [-0.2, -0.15) is 0 Å². The number of benzene rings is 1. The summed E-state index contributed by atoms with van der Waals surface area (Å²) in [6, 6.07) is 8.16. The molecule has 1 unspecified atom stereocenters. The molecule has 17 heavy (non-hydrogen) atoms. The highest BCUT2D eigenvalue weighted by atomic mass is 32.1. The number of carbonyl (C=O) groups is 1. The van der Waals surface area contributed by atoms with Crippen LogP contribution in [0.5, 0.6) is 0 Å². The van der Waals surface area contributed by atoms with E-state index in [4.69, 9.17) is 5.73 Å². The van der Waals surface area contributed by atoms with Crippen molar-refractivity contribution >= 4 is 27.2 Å². The minimum absolute atomic E-state index is 0.181. The summed E-state index contributed by atoms with van der Waals surface area (Å²) in [6.45, 7) is 1.98. The monoisotopic (exact) mass is 247 g/mol. The van der Waals surface area contributed by atoms with Crippen molar-refractivity contribution in [1.82, 2.24) is 0 Å². The zero-order valence-corrected chi connectivity index (χ0v) is 10.8. The van der Waals surface area contributed by atoms with Crippen molar-refractivity contribution in [2.24, 2.45) is 5.73 Å². The zero-order valence-electron chi connectivity index (χ0n) is 9.98. The number of hydrogen-bond donors (Lipinski definition) is 1. The van der Waals surface area contributed by atoms with Crippen LogP contribution >= 0.6 is 11.3 Å². The first-order valence-corrected chi connectivity index (χ1v) is 6.81. The molecule has 0 saturated heterocycles. The summed E-state index contributed by atoms with van der Waals surface area (Å²) in [5, 5.41) is 3.19. The van der Waals surface area contributed by atoms with Gasteiger partial charge >= 0.3 is 0 Å². The number of nitrogens with two attached hydrogens (primary N) is 1. The Morgan fingerprint density at radius 1 is 1.41 bits per heavy atom. The van der Waals surface area contributed by atoms with E-state index in [0.29, 0.717) is 6.42 Å². The van der Waals surface area contributed by atoms with Crippen molar-refractivity contribution in [3.05, 3.63) is 35.2 Å². The smallest absolute Gasteiger partial charge is 0.164 e. The van der Waals surface area contributed by atoms with Gasteiger partial charge in [0.15, 0.2) is 5.78 Å². The van der Waals surface area contributed by atoms with Gasteiger partial charge in [-0.15, -0.1) is 11.3 Å². The third-order valence-electron chi connectivity index (χ3n) is 2.84. The van der Waals surface area contributed by atoms with Gasteiger partial charge in [0.1, 0.15) is 0 Å². The van der Waals surface area contributed by atoms with Crippen molar-refractivity contribution in [3.8, 4) is 0 Å². The molecule has 2 rings (SSSR count). The molecule has 1 heterocycles. The highest BCUT2D eigenvalue weighted by molar-refractivity contribution is 7.17. The predicted molar refractivity (Wildman–Crippen MR) is 73.7 cm³/mol. The van der Waals surface area contributed by atoms with Gasteiger partial charge in [-0.3, -0.25) is 4.79 Å². The molecule has 2 aromatic rings.